The Kier molecular flexibility index (Phi) is 4.73. The summed E-state index contributed by atoms with van der Waals surface area (Å²) in [6, 6.07) is 4.27. The van der Waals surface area contributed by atoms with Gasteiger partial charge in [0.2, 0.25) is 4.93 Å². The Morgan fingerprint density at radius 1 is 1.19 bits per heavy atom. The highest BCUT2D eigenvalue weighted by Gasteiger charge is 2.46. The molecule has 1 unspecified atom stereocenters. The van der Waals surface area contributed by atoms with E-state index in [9.17, 15) is 26.9 Å². The minimum absolute atomic E-state index is 0.108. The molecule has 0 spiro atoms. The smallest absolute Gasteiger partial charge is 0.269 e. The van der Waals surface area contributed by atoms with Gasteiger partial charge >= 0.3 is 0 Å². The fourth-order valence-electron chi connectivity index (χ4n) is 1.71. The van der Waals surface area contributed by atoms with Crippen LogP contribution < -0.4 is 5.73 Å². The number of hydrogen-bond acceptors (Lipinski definition) is 8. The van der Waals surface area contributed by atoms with Gasteiger partial charge in [0, 0.05) is 30.5 Å². The Labute approximate surface area is 121 Å². The van der Waals surface area contributed by atoms with Gasteiger partial charge in [0.25, 0.3) is 15.8 Å². The van der Waals surface area contributed by atoms with E-state index in [1.807, 2.05) is 0 Å². The minimum Gasteiger partial charge on any atom is -0.327 e. The summed E-state index contributed by atoms with van der Waals surface area (Å²) in [5, 5.41) is 10.6. The van der Waals surface area contributed by atoms with Gasteiger partial charge < -0.3 is 5.73 Å². The monoisotopic (exact) mass is 338 g/mol. The van der Waals surface area contributed by atoms with Crippen LogP contribution in [0, 0.1) is 10.1 Å². The fourth-order valence-corrected chi connectivity index (χ4v) is 4.09. The Morgan fingerprint density at radius 3 is 1.95 bits per heavy atom. The van der Waals surface area contributed by atoms with E-state index in [-0.39, 0.29) is 11.3 Å². The molecule has 0 saturated heterocycles. The van der Waals surface area contributed by atoms with Gasteiger partial charge in [0.05, 0.1) is 11.2 Å². The van der Waals surface area contributed by atoms with E-state index in [1.165, 1.54) is 0 Å². The van der Waals surface area contributed by atoms with E-state index in [0.29, 0.717) is 6.26 Å². The van der Waals surface area contributed by atoms with Gasteiger partial charge in [-0.1, -0.05) is 0 Å². The molecule has 118 valence electrons. The zero-order chi connectivity index (χ0) is 16.5. The van der Waals surface area contributed by atoms with E-state index in [0.717, 1.165) is 30.5 Å². The molecular weight excluding hydrogens is 324 g/mol. The summed E-state index contributed by atoms with van der Waals surface area (Å²) in [6.45, 7) is -0.670. The highest BCUT2D eigenvalue weighted by atomic mass is 32.2. The Bertz CT molecular complexity index is 740. The molecule has 0 amide bonds. The molecular formula is C10H14N2O7S2. The van der Waals surface area contributed by atoms with E-state index < -0.39 is 36.4 Å². The van der Waals surface area contributed by atoms with Crippen LogP contribution in [0.3, 0.4) is 0 Å². The first-order valence-corrected chi connectivity index (χ1v) is 9.19. The van der Waals surface area contributed by atoms with Gasteiger partial charge in [0.15, 0.2) is 9.84 Å². The standard InChI is InChI=1S/C10H14N2O7S2/c1-20(15,16)10(7-11,19-21(2,17)18)8-3-5-9(6-4-8)12(13)14/h3-6H,7,11H2,1-2H3. The molecule has 0 aromatic heterocycles. The summed E-state index contributed by atoms with van der Waals surface area (Å²) in [4.78, 5) is 7.59. The Balaban J connectivity index is 3.54. The highest BCUT2D eigenvalue weighted by Crippen LogP contribution is 2.33. The molecule has 11 heteroatoms. The third-order valence-electron chi connectivity index (χ3n) is 2.67. The van der Waals surface area contributed by atoms with Crippen LogP contribution in [0.5, 0.6) is 0 Å². The zero-order valence-corrected chi connectivity index (χ0v) is 12.8. The van der Waals surface area contributed by atoms with Crippen LogP contribution in [0.15, 0.2) is 24.3 Å². The molecule has 21 heavy (non-hydrogen) atoms. The Hall–Kier alpha value is -1.56. The first-order chi connectivity index (χ1) is 9.43. The molecule has 0 fully saturated rings. The van der Waals surface area contributed by atoms with Crippen molar-refractivity contribution in [3.05, 3.63) is 39.9 Å². The van der Waals surface area contributed by atoms with Crippen molar-refractivity contribution in [3.8, 4) is 0 Å². The summed E-state index contributed by atoms with van der Waals surface area (Å²) in [5.74, 6) is 0. The average Bonchev–Trinajstić information content (AvgIpc) is 2.33. The molecule has 1 aromatic rings. The molecule has 1 atom stereocenters. The summed E-state index contributed by atoms with van der Waals surface area (Å²) < 4.78 is 51.4. The fraction of sp³-hybridized carbons (Fsp3) is 0.400. The largest absolute Gasteiger partial charge is 0.327 e. The number of non-ortho nitro benzene ring substituents is 1. The maximum Gasteiger partial charge on any atom is 0.269 e. The number of nitrogens with zero attached hydrogens (tertiary/aromatic N) is 1. The molecule has 0 aliphatic rings. The van der Waals surface area contributed by atoms with Crippen LogP contribution in [0.1, 0.15) is 5.56 Å². The molecule has 0 saturated carbocycles. The second-order valence-electron chi connectivity index (χ2n) is 4.32. The van der Waals surface area contributed by atoms with Crippen molar-refractivity contribution in [2.75, 3.05) is 19.1 Å². The van der Waals surface area contributed by atoms with Crippen LogP contribution >= 0.6 is 0 Å². The number of benzene rings is 1. The number of hydrogen-bond donors (Lipinski definition) is 1. The summed E-state index contributed by atoms with van der Waals surface area (Å²) >= 11 is 0. The van der Waals surface area contributed by atoms with E-state index >= 15 is 0 Å². The van der Waals surface area contributed by atoms with Crippen LogP contribution in [0.4, 0.5) is 5.69 Å². The number of rotatable bonds is 6. The predicted octanol–water partition coefficient (Wildman–Crippen LogP) is -0.273. The lowest BCUT2D eigenvalue weighted by Crippen LogP contribution is -2.46. The third kappa shape index (κ3) is 3.75. The van der Waals surface area contributed by atoms with Gasteiger partial charge in [-0.05, 0) is 12.1 Å². The first kappa shape index (κ1) is 17.5. The quantitative estimate of drug-likeness (QED) is 0.423. The van der Waals surface area contributed by atoms with Crippen molar-refractivity contribution < 1.29 is 25.9 Å². The predicted molar refractivity (Wildman–Crippen MR) is 74.6 cm³/mol. The van der Waals surface area contributed by atoms with E-state index in [1.54, 1.807) is 0 Å². The number of sulfone groups is 1. The van der Waals surface area contributed by atoms with Crippen molar-refractivity contribution in [1.29, 1.82) is 0 Å². The molecule has 1 aromatic carbocycles. The summed E-state index contributed by atoms with van der Waals surface area (Å²) in [5.41, 5.74) is 5.04. The van der Waals surface area contributed by atoms with Gasteiger partial charge in [-0.25, -0.2) is 12.6 Å². The Morgan fingerprint density at radius 2 is 1.67 bits per heavy atom. The van der Waals surface area contributed by atoms with Crippen LogP contribution in [-0.4, -0.2) is 40.8 Å². The van der Waals surface area contributed by atoms with Gasteiger partial charge in [-0.2, -0.15) is 8.42 Å². The highest BCUT2D eigenvalue weighted by molar-refractivity contribution is 7.92. The van der Waals surface area contributed by atoms with Crippen LogP contribution in [0.25, 0.3) is 0 Å². The number of nitro groups is 1. The second-order valence-corrected chi connectivity index (χ2v) is 8.10. The maximum absolute atomic E-state index is 12.0. The van der Waals surface area contributed by atoms with Crippen LogP contribution in [0.2, 0.25) is 0 Å². The SMILES string of the molecule is CS(=O)(=O)OC(CN)(c1ccc([N+](=O)[O-])cc1)S(C)(=O)=O. The zero-order valence-electron chi connectivity index (χ0n) is 11.2. The lowest BCUT2D eigenvalue weighted by atomic mass is 10.1. The van der Waals surface area contributed by atoms with Crippen molar-refractivity contribution in [1.82, 2.24) is 0 Å². The van der Waals surface area contributed by atoms with Crippen molar-refractivity contribution >= 4 is 25.6 Å². The lowest BCUT2D eigenvalue weighted by Gasteiger charge is -2.29. The molecule has 0 aliphatic heterocycles. The van der Waals surface area contributed by atoms with Crippen molar-refractivity contribution in [2.45, 2.75) is 4.93 Å². The summed E-state index contributed by atoms with van der Waals surface area (Å²) in [6.07, 6.45) is 1.46. The first-order valence-electron chi connectivity index (χ1n) is 5.48. The van der Waals surface area contributed by atoms with E-state index in [2.05, 4.69) is 0 Å². The normalized spacial score (nSPS) is 15.4. The average molecular weight is 338 g/mol. The molecule has 0 aliphatic carbocycles. The number of nitrogens with two attached hydrogens (primary N) is 1. The van der Waals surface area contributed by atoms with Gasteiger partial charge in [-0.3, -0.25) is 10.1 Å². The van der Waals surface area contributed by atoms with Crippen LogP contribution in [-0.2, 0) is 29.1 Å². The minimum atomic E-state index is -4.14. The third-order valence-corrected chi connectivity index (χ3v) is 5.05. The maximum atomic E-state index is 12.0. The van der Waals surface area contributed by atoms with E-state index in [4.69, 9.17) is 9.92 Å². The topological polar surface area (TPSA) is 147 Å². The second kappa shape index (κ2) is 5.67. The number of nitro benzene ring substituents is 1. The molecule has 0 bridgehead atoms. The summed E-state index contributed by atoms with van der Waals surface area (Å²) in [7, 11) is -8.24. The van der Waals surface area contributed by atoms with Gasteiger partial charge in [0.1, 0.15) is 0 Å². The van der Waals surface area contributed by atoms with Crippen molar-refractivity contribution in [2.24, 2.45) is 5.73 Å². The molecule has 9 nitrogen and oxygen atoms in total. The van der Waals surface area contributed by atoms with Crippen molar-refractivity contribution in [3.63, 3.8) is 0 Å². The molecule has 2 N–H and O–H groups in total. The molecule has 1 rings (SSSR count). The molecule has 0 heterocycles. The molecule has 0 radical (unpaired) electrons. The van der Waals surface area contributed by atoms with Gasteiger partial charge in [-0.15, -0.1) is 0 Å². The lowest BCUT2D eigenvalue weighted by molar-refractivity contribution is -0.384.